The van der Waals surface area contributed by atoms with Crippen molar-refractivity contribution in [2.45, 2.75) is 19.9 Å². The number of hydrogen-bond acceptors (Lipinski definition) is 5. The second kappa shape index (κ2) is 9.13. The molecule has 144 valence electrons. The summed E-state index contributed by atoms with van der Waals surface area (Å²) in [6.45, 7) is 1.76. The third-order valence-electron chi connectivity index (χ3n) is 3.66. The van der Waals surface area contributed by atoms with Crippen LogP contribution < -0.4 is 14.9 Å². The summed E-state index contributed by atoms with van der Waals surface area (Å²) in [6.07, 6.45) is 4.38. The standard InChI is InChI=1S/C18H22N4O4S/c1-14(23)21-16-3-5-17(6-4-16)22(27(2,25)26)12-9-18(24)20-13-15-7-10-19-11-8-15/h3-8,10-11H,9,12-13H2,1-2H3,(H,20,24)(H,21,23). The van der Waals surface area contributed by atoms with Crippen LogP contribution in [0.1, 0.15) is 18.9 Å². The Morgan fingerprint density at radius 2 is 1.70 bits per heavy atom. The first kappa shape index (κ1) is 20.4. The van der Waals surface area contributed by atoms with Crippen LogP contribution in [0.15, 0.2) is 48.8 Å². The average Bonchev–Trinajstić information content (AvgIpc) is 2.61. The highest BCUT2D eigenvalue weighted by Gasteiger charge is 2.18. The zero-order chi connectivity index (χ0) is 19.9. The van der Waals surface area contributed by atoms with E-state index in [1.54, 1.807) is 48.8 Å². The Labute approximate surface area is 158 Å². The molecule has 0 spiro atoms. The molecule has 0 unspecified atom stereocenters. The van der Waals surface area contributed by atoms with E-state index >= 15 is 0 Å². The van der Waals surface area contributed by atoms with Crippen molar-refractivity contribution in [2.24, 2.45) is 0 Å². The molecule has 0 fully saturated rings. The fraction of sp³-hybridized carbons (Fsp3) is 0.278. The van der Waals surface area contributed by atoms with Crippen molar-refractivity contribution in [2.75, 3.05) is 22.4 Å². The Balaban J connectivity index is 1.98. The van der Waals surface area contributed by atoms with E-state index in [-0.39, 0.29) is 24.8 Å². The summed E-state index contributed by atoms with van der Waals surface area (Å²) in [6, 6.07) is 9.97. The number of amides is 2. The van der Waals surface area contributed by atoms with Gasteiger partial charge in [0.2, 0.25) is 21.8 Å². The first-order valence-corrected chi connectivity index (χ1v) is 10.1. The topological polar surface area (TPSA) is 108 Å². The average molecular weight is 390 g/mol. The molecular weight excluding hydrogens is 368 g/mol. The van der Waals surface area contributed by atoms with E-state index in [4.69, 9.17) is 0 Å². The van der Waals surface area contributed by atoms with Crippen LogP contribution in [0.4, 0.5) is 11.4 Å². The maximum Gasteiger partial charge on any atom is 0.232 e. The normalized spacial score (nSPS) is 10.9. The summed E-state index contributed by atoms with van der Waals surface area (Å²) in [5.41, 5.74) is 1.90. The molecule has 2 N–H and O–H groups in total. The minimum absolute atomic E-state index is 0.0144. The lowest BCUT2D eigenvalue weighted by Gasteiger charge is -2.22. The lowest BCUT2D eigenvalue weighted by Crippen LogP contribution is -2.34. The molecule has 2 amide bonds. The Morgan fingerprint density at radius 1 is 1.07 bits per heavy atom. The lowest BCUT2D eigenvalue weighted by atomic mass is 10.2. The summed E-state index contributed by atoms with van der Waals surface area (Å²) in [5.74, 6) is -0.469. The van der Waals surface area contributed by atoms with Crippen LogP contribution in [0, 0.1) is 0 Å². The fourth-order valence-electron chi connectivity index (χ4n) is 2.39. The van der Waals surface area contributed by atoms with Crippen molar-refractivity contribution in [1.29, 1.82) is 0 Å². The van der Waals surface area contributed by atoms with Crippen LogP contribution in [-0.4, -0.2) is 38.0 Å². The molecule has 0 saturated heterocycles. The van der Waals surface area contributed by atoms with Gasteiger partial charge in [-0.15, -0.1) is 0 Å². The molecule has 0 bridgehead atoms. The van der Waals surface area contributed by atoms with Crippen molar-refractivity contribution in [3.05, 3.63) is 54.4 Å². The van der Waals surface area contributed by atoms with Crippen LogP contribution in [0.3, 0.4) is 0 Å². The molecule has 1 aromatic carbocycles. The van der Waals surface area contributed by atoms with Crippen LogP contribution >= 0.6 is 0 Å². The number of anilines is 2. The van der Waals surface area contributed by atoms with Gasteiger partial charge in [-0.1, -0.05) is 0 Å². The second-order valence-electron chi connectivity index (χ2n) is 5.95. The number of nitrogens with zero attached hydrogens (tertiary/aromatic N) is 2. The van der Waals surface area contributed by atoms with Crippen molar-refractivity contribution in [3.8, 4) is 0 Å². The largest absolute Gasteiger partial charge is 0.352 e. The monoisotopic (exact) mass is 390 g/mol. The number of pyridine rings is 1. The Hall–Kier alpha value is -2.94. The van der Waals surface area contributed by atoms with Crippen LogP contribution in [0.25, 0.3) is 0 Å². The first-order valence-electron chi connectivity index (χ1n) is 8.26. The highest BCUT2D eigenvalue weighted by atomic mass is 32.2. The van der Waals surface area contributed by atoms with E-state index in [0.29, 0.717) is 17.9 Å². The van der Waals surface area contributed by atoms with Gasteiger partial charge in [0.1, 0.15) is 0 Å². The molecule has 8 nitrogen and oxygen atoms in total. The smallest absolute Gasteiger partial charge is 0.232 e. The maximum atomic E-state index is 12.1. The van der Waals surface area contributed by atoms with Crippen molar-refractivity contribution in [3.63, 3.8) is 0 Å². The van der Waals surface area contributed by atoms with E-state index in [2.05, 4.69) is 15.6 Å². The molecule has 0 radical (unpaired) electrons. The van der Waals surface area contributed by atoms with Crippen LogP contribution in [0.2, 0.25) is 0 Å². The van der Waals surface area contributed by atoms with Crippen LogP contribution in [-0.2, 0) is 26.2 Å². The van der Waals surface area contributed by atoms with Gasteiger partial charge in [0, 0.05) is 44.5 Å². The van der Waals surface area contributed by atoms with Gasteiger partial charge in [-0.05, 0) is 42.0 Å². The molecule has 0 aliphatic rings. The minimum atomic E-state index is -3.56. The lowest BCUT2D eigenvalue weighted by molar-refractivity contribution is -0.121. The Morgan fingerprint density at radius 3 is 2.26 bits per heavy atom. The van der Waals surface area contributed by atoms with Crippen LogP contribution in [0.5, 0.6) is 0 Å². The summed E-state index contributed by atoms with van der Waals surface area (Å²) in [4.78, 5) is 27.0. The number of benzene rings is 1. The molecule has 1 aromatic heterocycles. The van der Waals surface area contributed by atoms with Gasteiger partial charge in [0.15, 0.2) is 0 Å². The molecule has 0 saturated carbocycles. The molecule has 0 atom stereocenters. The van der Waals surface area contributed by atoms with Gasteiger partial charge >= 0.3 is 0 Å². The number of carbonyl (C=O) groups is 2. The molecular formula is C18H22N4O4S. The van der Waals surface area contributed by atoms with Gasteiger partial charge in [0.05, 0.1) is 11.9 Å². The zero-order valence-corrected chi connectivity index (χ0v) is 16.0. The van der Waals surface area contributed by atoms with E-state index in [1.807, 2.05) is 0 Å². The number of sulfonamides is 1. The molecule has 0 aliphatic carbocycles. The molecule has 0 aliphatic heterocycles. The summed E-state index contributed by atoms with van der Waals surface area (Å²) >= 11 is 0. The Kier molecular flexibility index (Phi) is 6.89. The van der Waals surface area contributed by atoms with E-state index in [0.717, 1.165) is 16.1 Å². The maximum absolute atomic E-state index is 12.1. The number of carbonyl (C=O) groups excluding carboxylic acids is 2. The summed E-state index contributed by atoms with van der Waals surface area (Å²) in [7, 11) is -3.56. The number of aromatic nitrogens is 1. The molecule has 9 heteroatoms. The van der Waals surface area contributed by atoms with E-state index in [1.165, 1.54) is 6.92 Å². The van der Waals surface area contributed by atoms with Crippen molar-refractivity contribution in [1.82, 2.24) is 10.3 Å². The molecule has 1 heterocycles. The quantitative estimate of drug-likeness (QED) is 0.710. The number of hydrogen-bond donors (Lipinski definition) is 2. The summed E-state index contributed by atoms with van der Waals surface area (Å²) in [5, 5.41) is 5.37. The highest BCUT2D eigenvalue weighted by molar-refractivity contribution is 7.92. The number of rotatable bonds is 8. The molecule has 2 rings (SSSR count). The zero-order valence-electron chi connectivity index (χ0n) is 15.2. The van der Waals surface area contributed by atoms with Gasteiger partial charge in [-0.25, -0.2) is 8.42 Å². The van der Waals surface area contributed by atoms with E-state index < -0.39 is 10.0 Å². The predicted octanol–water partition coefficient (Wildman–Crippen LogP) is 1.51. The third kappa shape index (κ3) is 6.70. The molecule has 27 heavy (non-hydrogen) atoms. The summed E-state index contributed by atoms with van der Waals surface area (Å²) < 4.78 is 25.4. The van der Waals surface area contributed by atoms with Gasteiger partial charge in [-0.2, -0.15) is 0 Å². The van der Waals surface area contributed by atoms with Gasteiger partial charge in [0.25, 0.3) is 0 Å². The first-order chi connectivity index (χ1) is 12.8. The minimum Gasteiger partial charge on any atom is -0.352 e. The highest BCUT2D eigenvalue weighted by Crippen LogP contribution is 2.20. The van der Waals surface area contributed by atoms with Gasteiger partial charge in [-0.3, -0.25) is 18.9 Å². The number of nitrogens with one attached hydrogen (secondary N) is 2. The van der Waals surface area contributed by atoms with Gasteiger partial charge < -0.3 is 10.6 Å². The van der Waals surface area contributed by atoms with Crippen molar-refractivity contribution >= 4 is 33.2 Å². The fourth-order valence-corrected chi connectivity index (χ4v) is 3.32. The van der Waals surface area contributed by atoms with E-state index in [9.17, 15) is 18.0 Å². The Bertz CT molecular complexity index is 883. The second-order valence-corrected chi connectivity index (χ2v) is 7.85. The molecule has 2 aromatic rings. The predicted molar refractivity (Wildman–Crippen MR) is 104 cm³/mol. The SMILES string of the molecule is CC(=O)Nc1ccc(N(CCC(=O)NCc2ccncc2)S(C)(=O)=O)cc1. The third-order valence-corrected chi connectivity index (χ3v) is 4.85. The van der Waals surface area contributed by atoms with Crippen molar-refractivity contribution < 1.29 is 18.0 Å².